The Morgan fingerprint density at radius 2 is 1.63 bits per heavy atom. The van der Waals surface area contributed by atoms with Crippen LogP contribution in [-0.4, -0.2) is 45.7 Å². The second-order valence-electron chi connectivity index (χ2n) is 10.5. The zero-order chi connectivity index (χ0) is 26.2. The molecule has 1 saturated carbocycles. The Bertz CT molecular complexity index is 1170. The topological polar surface area (TPSA) is 78.7 Å². The number of likely N-dealkylation sites (tertiary alicyclic amines) is 1. The van der Waals surface area contributed by atoms with Gasteiger partial charge in [0.1, 0.15) is 11.8 Å². The quantitative estimate of drug-likeness (QED) is 0.408. The number of pyridine rings is 1. The average molecular weight is 515 g/mol. The molecule has 5 rings (SSSR count). The molecule has 38 heavy (non-hydrogen) atoms. The van der Waals surface area contributed by atoms with Crippen LogP contribution in [0.3, 0.4) is 0 Å². The molecule has 2 aromatic heterocycles. The molecule has 200 valence electrons. The fraction of sp³-hybridized carbons (Fsp3) is 0.452. The highest BCUT2D eigenvalue weighted by atomic mass is 16.4. The summed E-state index contributed by atoms with van der Waals surface area (Å²) in [6.45, 7) is 3.08. The Morgan fingerprint density at radius 1 is 0.921 bits per heavy atom. The van der Waals surface area contributed by atoms with E-state index in [9.17, 15) is 9.59 Å². The fourth-order valence-electron chi connectivity index (χ4n) is 5.66. The lowest BCUT2D eigenvalue weighted by Gasteiger charge is -2.33. The zero-order valence-corrected chi connectivity index (χ0v) is 22.1. The van der Waals surface area contributed by atoms with Crippen LogP contribution >= 0.6 is 0 Å². The fourth-order valence-corrected chi connectivity index (χ4v) is 5.66. The Kier molecular flexibility index (Phi) is 8.86. The molecule has 0 radical (unpaired) electrons. The van der Waals surface area contributed by atoms with Gasteiger partial charge in [-0.15, -0.1) is 0 Å². The molecule has 1 saturated heterocycles. The Morgan fingerprint density at radius 3 is 2.37 bits per heavy atom. The number of nitrogens with one attached hydrogen (secondary N) is 1. The number of nitrogens with zero attached hydrogens (tertiary/aromatic N) is 3. The van der Waals surface area contributed by atoms with E-state index in [4.69, 9.17) is 4.42 Å². The SMILES string of the molecule is O=C(NC1CCCCC1)C(c1ccncc1)N(Cc1ccccc1)C(=O)c1ccc(CN2CCCCC2)o1. The van der Waals surface area contributed by atoms with Gasteiger partial charge in [0.15, 0.2) is 5.76 Å². The van der Waals surface area contributed by atoms with Crippen molar-refractivity contribution in [2.45, 2.75) is 76.5 Å². The van der Waals surface area contributed by atoms with Crippen LogP contribution in [-0.2, 0) is 17.9 Å². The highest BCUT2D eigenvalue weighted by Crippen LogP contribution is 2.28. The maximum atomic E-state index is 14.1. The number of carbonyl (C=O) groups is 2. The van der Waals surface area contributed by atoms with Crippen molar-refractivity contribution in [3.8, 4) is 0 Å². The molecule has 1 atom stereocenters. The van der Waals surface area contributed by atoms with Crippen LogP contribution < -0.4 is 5.32 Å². The average Bonchev–Trinajstić information content (AvgIpc) is 3.43. The number of amides is 2. The number of aromatic nitrogens is 1. The monoisotopic (exact) mass is 514 g/mol. The lowest BCUT2D eigenvalue weighted by molar-refractivity contribution is -0.127. The van der Waals surface area contributed by atoms with E-state index in [1.807, 2.05) is 48.5 Å². The number of benzene rings is 1. The summed E-state index contributed by atoms with van der Waals surface area (Å²) in [5.74, 6) is 0.589. The molecule has 2 aliphatic rings. The van der Waals surface area contributed by atoms with E-state index in [-0.39, 0.29) is 30.2 Å². The molecule has 3 aromatic rings. The van der Waals surface area contributed by atoms with Crippen LogP contribution in [0.4, 0.5) is 0 Å². The molecule has 0 bridgehead atoms. The molecule has 7 nitrogen and oxygen atoms in total. The zero-order valence-electron chi connectivity index (χ0n) is 22.1. The van der Waals surface area contributed by atoms with Gasteiger partial charge in [-0.2, -0.15) is 0 Å². The first-order valence-corrected chi connectivity index (χ1v) is 14.0. The second kappa shape index (κ2) is 12.9. The number of carbonyl (C=O) groups excluding carboxylic acids is 2. The predicted octanol–water partition coefficient (Wildman–Crippen LogP) is 5.49. The van der Waals surface area contributed by atoms with E-state index in [0.29, 0.717) is 6.54 Å². The lowest BCUT2D eigenvalue weighted by Crippen LogP contribution is -2.46. The van der Waals surface area contributed by atoms with E-state index in [0.717, 1.165) is 55.7 Å². The van der Waals surface area contributed by atoms with Crippen LogP contribution in [0, 0.1) is 0 Å². The van der Waals surface area contributed by atoms with Crippen molar-refractivity contribution in [3.63, 3.8) is 0 Å². The van der Waals surface area contributed by atoms with E-state index >= 15 is 0 Å². The first-order chi connectivity index (χ1) is 18.7. The second-order valence-corrected chi connectivity index (χ2v) is 10.5. The van der Waals surface area contributed by atoms with Crippen molar-refractivity contribution in [1.29, 1.82) is 0 Å². The number of hydrogen-bond acceptors (Lipinski definition) is 5. The minimum atomic E-state index is -0.803. The van der Waals surface area contributed by atoms with Gasteiger partial charge in [-0.05, 0) is 74.2 Å². The number of hydrogen-bond donors (Lipinski definition) is 1. The summed E-state index contributed by atoms with van der Waals surface area (Å²) in [5.41, 5.74) is 1.68. The van der Waals surface area contributed by atoms with Gasteiger partial charge in [-0.25, -0.2) is 0 Å². The number of piperidine rings is 1. The maximum Gasteiger partial charge on any atom is 0.290 e. The molecule has 3 heterocycles. The molecule has 1 aromatic carbocycles. The maximum absolute atomic E-state index is 14.1. The molecule has 1 N–H and O–H groups in total. The Balaban J connectivity index is 1.44. The van der Waals surface area contributed by atoms with E-state index in [2.05, 4.69) is 15.2 Å². The van der Waals surface area contributed by atoms with Gasteiger partial charge in [0.05, 0.1) is 6.54 Å². The highest BCUT2D eigenvalue weighted by molar-refractivity contribution is 5.96. The van der Waals surface area contributed by atoms with Crippen LogP contribution in [0.25, 0.3) is 0 Å². The lowest BCUT2D eigenvalue weighted by atomic mass is 9.94. The minimum absolute atomic E-state index is 0.133. The van der Waals surface area contributed by atoms with Crippen molar-refractivity contribution >= 4 is 11.8 Å². The van der Waals surface area contributed by atoms with Crippen LogP contribution in [0.1, 0.15) is 84.9 Å². The summed E-state index contributed by atoms with van der Waals surface area (Å²) < 4.78 is 6.11. The molecular weight excluding hydrogens is 476 g/mol. The van der Waals surface area contributed by atoms with Crippen molar-refractivity contribution in [3.05, 3.63) is 89.6 Å². The van der Waals surface area contributed by atoms with Crippen molar-refractivity contribution < 1.29 is 14.0 Å². The summed E-state index contributed by atoms with van der Waals surface area (Å²) >= 11 is 0. The first-order valence-electron chi connectivity index (χ1n) is 14.0. The van der Waals surface area contributed by atoms with Gasteiger partial charge < -0.3 is 14.6 Å². The third-order valence-electron chi connectivity index (χ3n) is 7.69. The van der Waals surface area contributed by atoms with Crippen molar-refractivity contribution in [2.24, 2.45) is 0 Å². The van der Waals surface area contributed by atoms with Crippen LogP contribution in [0.15, 0.2) is 71.4 Å². The van der Waals surface area contributed by atoms with Gasteiger partial charge >= 0.3 is 0 Å². The minimum Gasteiger partial charge on any atom is -0.455 e. The summed E-state index contributed by atoms with van der Waals surface area (Å²) in [6, 6.07) is 16.4. The van der Waals surface area contributed by atoms with Gasteiger partial charge in [-0.3, -0.25) is 19.5 Å². The Hall–Kier alpha value is -3.45. The third-order valence-corrected chi connectivity index (χ3v) is 7.69. The molecular formula is C31H38N4O3. The standard InChI is InChI=1S/C31H38N4O3/c36-30(33-26-12-6-2-7-13-26)29(25-16-18-32-19-17-25)35(22-24-10-4-1-5-11-24)31(37)28-15-14-27(38-28)23-34-20-8-3-9-21-34/h1,4-5,10-11,14-19,26,29H,2-3,6-9,12-13,20-23H2,(H,33,36). The normalized spacial score (nSPS) is 17.6. The first kappa shape index (κ1) is 26.2. The predicted molar refractivity (Wildman–Crippen MR) is 146 cm³/mol. The third kappa shape index (κ3) is 6.70. The molecule has 2 amide bonds. The van der Waals surface area contributed by atoms with E-state index in [1.165, 1.54) is 25.7 Å². The highest BCUT2D eigenvalue weighted by Gasteiger charge is 2.35. The summed E-state index contributed by atoms with van der Waals surface area (Å²) in [5, 5.41) is 3.26. The van der Waals surface area contributed by atoms with Gasteiger partial charge in [-0.1, -0.05) is 56.0 Å². The van der Waals surface area contributed by atoms with Gasteiger partial charge in [0, 0.05) is 25.0 Å². The largest absolute Gasteiger partial charge is 0.455 e. The van der Waals surface area contributed by atoms with E-state index in [1.54, 1.807) is 23.4 Å². The van der Waals surface area contributed by atoms with Crippen LogP contribution in [0.2, 0.25) is 0 Å². The molecule has 7 heteroatoms. The van der Waals surface area contributed by atoms with Crippen molar-refractivity contribution in [1.82, 2.24) is 20.1 Å². The molecule has 0 spiro atoms. The van der Waals surface area contributed by atoms with Gasteiger partial charge in [0.25, 0.3) is 5.91 Å². The molecule has 1 unspecified atom stereocenters. The van der Waals surface area contributed by atoms with Crippen LogP contribution in [0.5, 0.6) is 0 Å². The number of rotatable bonds is 9. The summed E-state index contributed by atoms with van der Waals surface area (Å²) in [6.07, 6.45) is 12.4. The van der Waals surface area contributed by atoms with Crippen molar-refractivity contribution in [2.75, 3.05) is 13.1 Å². The number of furan rings is 1. The Labute approximate surface area is 225 Å². The summed E-state index contributed by atoms with van der Waals surface area (Å²) in [4.78, 5) is 36.1. The van der Waals surface area contributed by atoms with Gasteiger partial charge in [0.2, 0.25) is 5.91 Å². The molecule has 1 aliphatic heterocycles. The smallest absolute Gasteiger partial charge is 0.290 e. The molecule has 2 fully saturated rings. The van der Waals surface area contributed by atoms with E-state index < -0.39 is 6.04 Å². The summed E-state index contributed by atoms with van der Waals surface area (Å²) in [7, 11) is 0. The molecule has 1 aliphatic carbocycles.